The molecule has 4 nitrogen and oxygen atoms in total. The molecule has 2 N–H and O–H groups in total. The number of hydrogen-bond acceptors (Lipinski definition) is 3. The maximum absolute atomic E-state index is 12.9. The Morgan fingerprint density at radius 2 is 1.81 bits per heavy atom. The minimum Gasteiger partial charge on any atom is -0.385 e. The fourth-order valence-corrected chi connectivity index (χ4v) is 3.35. The lowest BCUT2D eigenvalue weighted by molar-refractivity contribution is 0.0928. The Kier molecular flexibility index (Phi) is 6.58. The van der Waals surface area contributed by atoms with Gasteiger partial charge < -0.3 is 10.6 Å². The van der Waals surface area contributed by atoms with E-state index in [0.29, 0.717) is 12.2 Å². The molecule has 0 unspecified atom stereocenters. The third-order valence-corrected chi connectivity index (χ3v) is 4.84. The molecular formula is C21H26FN3O. The van der Waals surface area contributed by atoms with E-state index < -0.39 is 0 Å². The molecule has 1 aliphatic rings. The number of halogens is 1. The molecule has 26 heavy (non-hydrogen) atoms. The van der Waals surface area contributed by atoms with Crippen molar-refractivity contribution in [3.8, 4) is 0 Å². The second kappa shape index (κ2) is 9.32. The number of anilines is 1. The van der Waals surface area contributed by atoms with Crippen LogP contribution in [0.15, 0.2) is 42.6 Å². The zero-order valence-electron chi connectivity index (χ0n) is 15.0. The number of rotatable bonds is 6. The highest BCUT2D eigenvalue weighted by atomic mass is 19.1. The van der Waals surface area contributed by atoms with Crippen LogP contribution in [0.5, 0.6) is 0 Å². The van der Waals surface area contributed by atoms with E-state index in [2.05, 4.69) is 15.6 Å². The third-order valence-electron chi connectivity index (χ3n) is 4.84. The molecule has 1 amide bonds. The molecule has 3 rings (SSSR count). The lowest BCUT2D eigenvalue weighted by Crippen LogP contribution is -2.34. The molecule has 1 fully saturated rings. The van der Waals surface area contributed by atoms with Crippen LogP contribution in [0, 0.1) is 5.82 Å². The van der Waals surface area contributed by atoms with E-state index in [1.165, 1.54) is 37.8 Å². The average molecular weight is 355 g/mol. The first-order valence-corrected chi connectivity index (χ1v) is 9.46. The van der Waals surface area contributed by atoms with Gasteiger partial charge in [0.05, 0.1) is 0 Å². The lowest BCUT2D eigenvalue weighted by Gasteiger charge is -2.16. The quantitative estimate of drug-likeness (QED) is 0.759. The molecule has 0 saturated heterocycles. The van der Waals surface area contributed by atoms with Gasteiger partial charge in [-0.25, -0.2) is 4.39 Å². The summed E-state index contributed by atoms with van der Waals surface area (Å²) in [6, 6.07) is 10.4. The molecule has 0 bridgehead atoms. The van der Waals surface area contributed by atoms with Crippen molar-refractivity contribution < 1.29 is 9.18 Å². The Morgan fingerprint density at radius 1 is 1.08 bits per heavy atom. The molecule has 5 heteroatoms. The van der Waals surface area contributed by atoms with Crippen molar-refractivity contribution in [1.82, 2.24) is 10.3 Å². The molecule has 138 valence electrons. The molecule has 1 heterocycles. The molecule has 1 aromatic carbocycles. The standard InChI is InChI=1S/C21H26FN3O/c22-17-9-7-16(8-10-17)11-13-23-19-12-14-24-20(15-19)21(26)25-18-5-3-1-2-4-6-18/h7-10,12,14-15,18H,1-6,11,13H2,(H,23,24)(H,25,26). The van der Waals surface area contributed by atoms with Gasteiger partial charge in [0.2, 0.25) is 0 Å². The van der Waals surface area contributed by atoms with Crippen LogP contribution in [0.25, 0.3) is 0 Å². The van der Waals surface area contributed by atoms with Gasteiger partial charge in [0.25, 0.3) is 5.91 Å². The largest absolute Gasteiger partial charge is 0.385 e. The summed E-state index contributed by atoms with van der Waals surface area (Å²) in [5.41, 5.74) is 2.38. The van der Waals surface area contributed by atoms with Gasteiger partial charge >= 0.3 is 0 Å². The first-order chi connectivity index (χ1) is 12.7. The average Bonchev–Trinajstić information content (AvgIpc) is 2.92. The van der Waals surface area contributed by atoms with Crippen LogP contribution in [0.1, 0.15) is 54.6 Å². The van der Waals surface area contributed by atoms with Crippen LogP contribution in [-0.4, -0.2) is 23.5 Å². The summed E-state index contributed by atoms with van der Waals surface area (Å²) in [5.74, 6) is -0.320. The van der Waals surface area contributed by atoms with Crippen molar-refractivity contribution in [3.05, 3.63) is 59.7 Å². The number of carbonyl (C=O) groups excluding carboxylic acids is 1. The summed E-state index contributed by atoms with van der Waals surface area (Å²) in [5, 5.41) is 6.43. The van der Waals surface area contributed by atoms with Gasteiger partial charge in [0.15, 0.2) is 0 Å². The number of aromatic nitrogens is 1. The minimum atomic E-state index is -0.222. The Labute approximate surface area is 154 Å². The van der Waals surface area contributed by atoms with Crippen LogP contribution in [0.4, 0.5) is 10.1 Å². The maximum Gasteiger partial charge on any atom is 0.270 e. The second-order valence-electron chi connectivity index (χ2n) is 6.89. The number of benzene rings is 1. The molecule has 1 aliphatic carbocycles. The first-order valence-electron chi connectivity index (χ1n) is 9.46. The maximum atomic E-state index is 12.9. The zero-order chi connectivity index (χ0) is 18.2. The van der Waals surface area contributed by atoms with Gasteiger partial charge in [-0.3, -0.25) is 9.78 Å². The van der Waals surface area contributed by atoms with E-state index >= 15 is 0 Å². The summed E-state index contributed by atoms with van der Waals surface area (Å²) < 4.78 is 12.9. The van der Waals surface area contributed by atoms with Crippen molar-refractivity contribution in [1.29, 1.82) is 0 Å². The molecule has 0 spiro atoms. The van der Waals surface area contributed by atoms with Crippen LogP contribution in [0.2, 0.25) is 0 Å². The molecule has 1 saturated carbocycles. The van der Waals surface area contributed by atoms with Crippen LogP contribution >= 0.6 is 0 Å². The fraction of sp³-hybridized carbons (Fsp3) is 0.429. The highest BCUT2D eigenvalue weighted by Crippen LogP contribution is 2.18. The predicted molar refractivity (Wildman–Crippen MR) is 102 cm³/mol. The molecule has 0 atom stereocenters. The number of nitrogens with one attached hydrogen (secondary N) is 2. The smallest absolute Gasteiger partial charge is 0.270 e. The van der Waals surface area contributed by atoms with Gasteiger partial charge in [-0.05, 0) is 49.1 Å². The number of carbonyl (C=O) groups is 1. The lowest BCUT2D eigenvalue weighted by atomic mass is 10.1. The summed E-state index contributed by atoms with van der Waals surface area (Å²) in [6.07, 6.45) is 9.44. The van der Waals surface area contributed by atoms with Gasteiger partial charge in [-0.2, -0.15) is 0 Å². The number of pyridine rings is 1. The molecular weight excluding hydrogens is 329 g/mol. The van der Waals surface area contributed by atoms with Crippen molar-refractivity contribution in [2.75, 3.05) is 11.9 Å². The first kappa shape index (κ1) is 18.4. The van der Waals surface area contributed by atoms with Gasteiger partial charge in [0, 0.05) is 24.5 Å². The van der Waals surface area contributed by atoms with Gasteiger partial charge in [-0.15, -0.1) is 0 Å². The summed E-state index contributed by atoms with van der Waals surface area (Å²) in [7, 11) is 0. The summed E-state index contributed by atoms with van der Waals surface area (Å²) in [4.78, 5) is 16.7. The Balaban J connectivity index is 1.51. The number of hydrogen-bond donors (Lipinski definition) is 2. The number of nitrogens with zero attached hydrogens (tertiary/aromatic N) is 1. The van der Waals surface area contributed by atoms with E-state index in [4.69, 9.17) is 0 Å². The Morgan fingerprint density at radius 3 is 2.54 bits per heavy atom. The summed E-state index contributed by atoms with van der Waals surface area (Å²) in [6.45, 7) is 0.708. The SMILES string of the molecule is O=C(NC1CCCCCC1)c1cc(NCCc2ccc(F)cc2)ccn1. The highest BCUT2D eigenvalue weighted by Gasteiger charge is 2.16. The Bertz CT molecular complexity index is 709. The van der Waals surface area contributed by atoms with E-state index in [1.807, 2.05) is 6.07 Å². The van der Waals surface area contributed by atoms with Crippen LogP contribution in [-0.2, 0) is 6.42 Å². The fourth-order valence-electron chi connectivity index (χ4n) is 3.35. The van der Waals surface area contributed by atoms with E-state index in [-0.39, 0.29) is 17.8 Å². The zero-order valence-corrected chi connectivity index (χ0v) is 15.0. The van der Waals surface area contributed by atoms with E-state index in [9.17, 15) is 9.18 Å². The second-order valence-corrected chi connectivity index (χ2v) is 6.89. The Hall–Kier alpha value is -2.43. The van der Waals surface area contributed by atoms with Gasteiger partial charge in [-0.1, -0.05) is 37.8 Å². The third kappa shape index (κ3) is 5.55. The number of amides is 1. The molecule has 2 aromatic rings. The molecule has 0 aliphatic heterocycles. The normalized spacial score (nSPS) is 15.3. The van der Waals surface area contributed by atoms with Crippen molar-refractivity contribution in [2.45, 2.75) is 51.0 Å². The van der Waals surface area contributed by atoms with Crippen molar-refractivity contribution >= 4 is 11.6 Å². The topological polar surface area (TPSA) is 54.0 Å². The van der Waals surface area contributed by atoms with Crippen LogP contribution in [0.3, 0.4) is 0 Å². The minimum absolute atomic E-state index is 0.0981. The van der Waals surface area contributed by atoms with E-state index in [0.717, 1.165) is 30.5 Å². The van der Waals surface area contributed by atoms with Crippen molar-refractivity contribution in [3.63, 3.8) is 0 Å². The van der Waals surface area contributed by atoms with Crippen molar-refractivity contribution in [2.24, 2.45) is 0 Å². The molecule has 1 aromatic heterocycles. The molecule has 0 radical (unpaired) electrons. The van der Waals surface area contributed by atoms with Crippen LogP contribution < -0.4 is 10.6 Å². The highest BCUT2D eigenvalue weighted by molar-refractivity contribution is 5.93. The predicted octanol–water partition coefficient (Wildman–Crippen LogP) is 4.33. The summed E-state index contributed by atoms with van der Waals surface area (Å²) >= 11 is 0. The van der Waals surface area contributed by atoms with Gasteiger partial charge in [0.1, 0.15) is 11.5 Å². The monoisotopic (exact) mass is 355 g/mol. The van der Waals surface area contributed by atoms with E-state index in [1.54, 1.807) is 24.4 Å².